The number of rotatable bonds is 3. The standard InChI is InChI=1S/C21H17N3O3/c1-13-14(2)27-21(22-13)24(15-8-4-3-5-9-15)12-18-16-10-6-7-11-17(16)19(25)23-20(18)26/h3-12H,1-2H3,(H,23,25,26). The summed E-state index contributed by atoms with van der Waals surface area (Å²) in [6.45, 7) is 3.70. The second-order valence-corrected chi connectivity index (χ2v) is 6.22. The molecule has 0 atom stereocenters. The lowest BCUT2D eigenvalue weighted by molar-refractivity contribution is -0.114. The van der Waals surface area contributed by atoms with Crippen molar-refractivity contribution in [2.75, 3.05) is 4.90 Å². The Labute approximate surface area is 156 Å². The summed E-state index contributed by atoms with van der Waals surface area (Å²) < 4.78 is 5.79. The molecule has 0 unspecified atom stereocenters. The molecule has 2 amide bonds. The monoisotopic (exact) mass is 359 g/mol. The van der Waals surface area contributed by atoms with Gasteiger partial charge in [0, 0.05) is 17.3 Å². The zero-order chi connectivity index (χ0) is 19.0. The molecule has 0 saturated heterocycles. The van der Waals surface area contributed by atoms with Crippen molar-refractivity contribution < 1.29 is 14.0 Å². The Balaban J connectivity index is 1.90. The molecule has 2 heterocycles. The highest BCUT2D eigenvalue weighted by Gasteiger charge is 2.28. The summed E-state index contributed by atoms with van der Waals surface area (Å²) in [5.74, 6) is -0.158. The predicted octanol–water partition coefficient (Wildman–Crippen LogP) is 3.74. The molecule has 1 aliphatic heterocycles. The van der Waals surface area contributed by atoms with Gasteiger partial charge in [0.05, 0.1) is 17.0 Å². The van der Waals surface area contributed by atoms with E-state index in [9.17, 15) is 9.59 Å². The van der Waals surface area contributed by atoms with Crippen LogP contribution in [0.25, 0.3) is 5.57 Å². The Hall–Kier alpha value is -3.67. The van der Waals surface area contributed by atoms with Crippen LogP contribution < -0.4 is 10.2 Å². The fourth-order valence-electron chi connectivity index (χ4n) is 2.92. The molecule has 0 fully saturated rings. The van der Waals surface area contributed by atoms with Gasteiger partial charge in [-0.05, 0) is 32.0 Å². The highest BCUT2D eigenvalue weighted by Crippen LogP contribution is 2.31. The van der Waals surface area contributed by atoms with Crippen LogP contribution in [0.1, 0.15) is 27.4 Å². The largest absolute Gasteiger partial charge is 0.428 e. The molecule has 4 rings (SSSR count). The van der Waals surface area contributed by atoms with E-state index in [1.54, 1.807) is 35.4 Å². The average molecular weight is 359 g/mol. The number of benzene rings is 2. The van der Waals surface area contributed by atoms with E-state index in [0.717, 1.165) is 11.4 Å². The Bertz CT molecular complexity index is 1050. The molecular formula is C21H17N3O3. The van der Waals surface area contributed by atoms with Gasteiger partial charge in [-0.15, -0.1) is 0 Å². The first-order valence-corrected chi connectivity index (χ1v) is 8.50. The van der Waals surface area contributed by atoms with Crippen LogP contribution in [0, 0.1) is 13.8 Å². The van der Waals surface area contributed by atoms with Crippen molar-refractivity contribution in [1.29, 1.82) is 0 Å². The number of para-hydroxylation sites is 1. The molecule has 1 N–H and O–H groups in total. The lowest BCUT2D eigenvalue weighted by Gasteiger charge is -2.22. The summed E-state index contributed by atoms with van der Waals surface area (Å²) in [6, 6.07) is 16.8. The van der Waals surface area contributed by atoms with Gasteiger partial charge >= 0.3 is 6.01 Å². The van der Waals surface area contributed by atoms with Crippen LogP contribution in [0.15, 0.2) is 65.2 Å². The van der Waals surface area contributed by atoms with E-state index in [1.807, 2.05) is 44.2 Å². The fourth-order valence-corrected chi connectivity index (χ4v) is 2.92. The first-order valence-electron chi connectivity index (χ1n) is 8.50. The molecule has 0 aliphatic carbocycles. The number of oxazole rings is 1. The Morgan fingerprint density at radius 3 is 2.26 bits per heavy atom. The van der Waals surface area contributed by atoms with Crippen molar-refractivity contribution in [2.45, 2.75) is 13.8 Å². The van der Waals surface area contributed by atoms with Crippen molar-refractivity contribution in [3.8, 4) is 0 Å². The molecule has 0 saturated carbocycles. The lowest BCUT2D eigenvalue weighted by atomic mass is 9.95. The molecule has 6 heteroatoms. The number of hydrogen-bond acceptors (Lipinski definition) is 5. The van der Waals surface area contributed by atoms with Crippen LogP contribution in [0.4, 0.5) is 11.7 Å². The van der Waals surface area contributed by atoms with Crippen molar-refractivity contribution in [3.05, 3.63) is 83.4 Å². The number of nitrogens with zero attached hydrogens (tertiary/aromatic N) is 2. The number of aromatic nitrogens is 1. The SMILES string of the molecule is Cc1nc(N(C=C2C(=O)NC(=O)c3ccccc32)c2ccccc2)oc1C. The van der Waals surface area contributed by atoms with E-state index in [-0.39, 0.29) is 0 Å². The van der Waals surface area contributed by atoms with Gasteiger partial charge in [0.2, 0.25) is 0 Å². The first-order chi connectivity index (χ1) is 13.0. The van der Waals surface area contributed by atoms with Gasteiger partial charge < -0.3 is 4.42 Å². The minimum absolute atomic E-state index is 0.353. The summed E-state index contributed by atoms with van der Waals surface area (Å²) in [5.41, 5.74) is 2.95. The van der Waals surface area contributed by atoms with Crippen molar-refractivity contribution in [1.82, 2.24) is 10.3 Å². The Morgan fingerprint density at radius 2 is 1.59 bits per heavy atom. The topological polar surface area (TPSA) is 75.4 Å². The average Bonchev–Trinajstić information content (AvgIpc) is 3.01. The number of carbonyl (C=O) groups excluding carboxylic acids is 2. The lowest BCUT2D eigenvalue weighted by Crippen LogP contribution is -2.37. The molecule has 27 heavy (non-hydrogen) atoms. The maximum Gasteiger partial charge on any atom is 0.306 e. The zero-order valence-corrected chi connectivity index (χ0v) is 14.9. The zero-order valence-electron chi connectivity index (χ0n) is 14.9. The van der Waals surface area contributed by atoms with E-state index >= 15 is 0 Å². The van der Waals surface area contributed by atoms with E-state index in [1.165, 1.54) is 0 Å². The minimum Gasteiger partial charge on any atom is -0.428 e. The quantitative estimate of drug-likeness (QED) is 0.569. The maximum absolute atomic E-state index is 12.6. The van der Waals surface area contributed by atoms with Gasteiger partial charge in [0.1, 0.15) is 5.76 Å². The van der Waals surface area contributed by atoms with Gasteiger partial charge in [-0.25, -0.2) is 0 Å². The van der Waals surface area contributed by atoms with Gasteiger partial charge in [0.25, 0.3) is 11.8 Å². The summed E-state index contributed by atoms with van der Waals surface area (Å²) >= 11 is 0. The van der Waals surface area contributed by atoms with Crippen LogP contribution in [0.5, 0.6) is 0 Å². The predicted molar refractivity (Wildman–Crippen MR) is 101 cm³/mol. The van der Waals surface area contributed by atoms with Gasteiger partial charge in [-0.2, -0.15) is 4.98 Å². The Kier molecular flexibility index (Phi) is 4.08. The molecule has 3 aromatic rings. The summed E-state index contributed by atoms with van der Waals surface area (Å²) in [6.07, 6.45) is 1.65. The highest BCUT2D eigenvalue weighted by molar-refractivity contribution is 6.31. The molecule has 0 bridgehead atoms. The smallest absolute Gasteiger partial charge is 0.306 e. The second-order valence-electron chi connectivity index (χ2n) is 6.22. The third kappa shape index (κ3) is 3.01. The first kappa shape index (κ1) is 16.8. The number of amides is 2. The molecule has 0 radical (unpaired) electrons. The Morgan fingerprint density at radius 1 is 0.926 bits per heavy atom. The normalized spacial score (nSPS) is 14.8. The summed E-state index contributed by atoms with van der Waals surface area (Å²) in [4.78, 5) is 30.8. The molecule has 6 nitrogen and oxygen atoms in total. The van der Waals surface area contributed by atoms with E-state index in [4.69, 9.17) is 4.42 Å². The van der Waals surface area contributed by atoms with Crippen molar-refractivity contribution >= 4 is 29.1 Å². The van der Waals surface area contributed by atoms with Gasteiger partial charge in [0.15, 0.2) is 0 Å². The molecule has 1 aromatic heterocycles. The van der Waals surface area contributed by atoms with Crippen LogP contribution in [0.2, 0.25) is 0 Å². The number of anilines is 2. The molecular weight excluding hydrogens is 342 g/mol. The molecule has 1 aliphatic rings. The third-order valence-corrected chi connectivity index (χ3v) is 4.45. The van der Waals surface area contributed by atoms with Crippen LogP contribution in [0.3, 0.4) is 0 Å². The van der Waals surface area contributed by atoms with Crippen molar-refractivity contribution in [3.63, 3.8) is 0 Å². The summed E-state index contributed by atoms with van der Waals surface area (Å²) in [7, 11) is 0. The van der Waals surface area contributed by atoms with Crippen LogP contribution >= 0.6 is 0 Å². The van der Waals surface area contributed by atoms with E-state index in [0.29, 0.717) is 28.5 Å². The number of fused-ring (bicyclic) bond motifs is 1. The maximum atomic E-state index is 12.6. The van der Waals surface area contributed by atoms with Crippen molar-refractivity contribution in [2.24, 2.45) is 0 Å². The number of hydrogen-bond donors (Lipinski definition) is 1. The number of carbonyl (C=O) groups is 2. The van der Waals surface area contributed by atoms with E-state index in [2.05, 4.69) is 10.3 Å². The third-order valence-electron chi connectivity index (χ3n) is 4.45. The van der Waals surface area contributed by atoms with Crippen LogP contribution in [-0.2, 0) is 4.79 Å². The number of aryl methyl sites for hydroxylation is 2. The number of imide groups is 1. The fraction of sp³-hybridized carbons (Fsp3) is 0.0952. The highest BCUT2D eigenvalue weighted by atomic mass is 16.4. The minimum atomic E-state index is -0.459. The molecule has 2 aromatic carbocycles. The van der Waals surface area contributed by atoms with Crippen LogP contribution in [-0.4, -0.2) is 16.8 Å². The molecule has 0 spiro atoms. The van der Waals surface area contributed by atoms with E-state index < -0.39 is 11.8 Å². The second kappa shape index (κ2) is 6.57. The van der Waals surface area contributed by atoms with Gasteiger partial charge in [-0.1, -0.05) is 36.4 Å². The molecule has 134 valence electrons. The summed E-state index contributed by atoms with van der Waals surface area (Å²) in [5, 5.41) is 2.39. The number of nitrogens with one attached hydrogen (secondary N) is 1. The van der Waals surface area contributed by atoms with Gasteiger partial charge in [-0.3, -0.25) is 19.8 Å².